The number of aryl methyl sites for hydroxylation is 1. The monoisotopic (exact) mass is 374 g/mol. The summed E-state index contributed by atoms with van der Waals surface area (Å²) in [6, 6.07) is 1.76. The van der Waals surface area contributed by atoms with E-state index in [1.54, 1.807) is 0 Å². The minimum atomic E-state index is -4.38. The van der Waals surface area contributed by atoms with E-state index < -0.39 is 18.2 Å². The molecule has 1 fully saturated rings. The second-order valence-corrected chi connectivity index (χ2v) is 7.14. The van der Waals surface area contributed by atoms with Crippen molar-refractivity contribution >= 4 is 34.7 Å². The second kappa shape index (κ2) is 7.70. The Kier molecular flexibility index (Phi) is 6.05. The lowest BCUT2D eigenvalue weighted by Crippen LogP contribution is -2.46. The van der Waals surface area contributed by atoms with Gasteiger partial charge in [-0.3, -0.25) is 0 Å². The van der Waals surface area contributed by atoms with Crippen LogP contribution in [0.4, 0.5) is 18.2 Å². The maximum absolute atomic E-state index is 13.5. The number of ether oxygens (including phenoxy) is 2. The van der Waals surface area contributed by atoms with Crippen LogP contribution in [0.5, 0.6) is 0 Å². The predicted molar refractivity (Wildman–Crippen MR) is 94.9 cm³/mol. The van der Waals surface area contributed by atoms with Crippen molar-refractivity contribution in [2.24, 2.45) is 15.4 Å². The van der Waals surface area contributed by atoms with Gasteiger partial charge in [0.15, 0.2) is 0 Å². The van der Waals surface area contributed by atoms with Gasteiger partial charge in [-0.15, -0.1) is 11.3 Å². The number of aliphatic imine (C=N–C) groups is 2. The Balaban J connectivity index is 2.18. The topological polar surface area (TPSA) is 43.2 Å². The van der Waals surface area contributed by atoms with Crippen molar-refractivity contribution in [3.05, 3.63) is 23.1 Å². The average molecular weight is 374 g/mol. The molecule has 8 heteroatoms. The van der Waals surface area contributed by atoms with Crippen LogP contribution in [-0.2, 0) is 9.47 Å². The lowest BCUT2D eigenvalue weighted by atomic mass is 9.80. The van der Waals surface area contributed by atoms with Gasteiger partial charge in [0.1, 0.15) is 17.0 Å². The van der Waals surface area contributed by atoms with Crippen molar-refractivity contribution in [3.63, 3.8) is 0 Å². The number of halogens is 3. The molecule has 1 aliphatic rings. The highest BCUT2D eigenvalue weighted by Gasteiger charge is 2.56. The number of hydrogen-bond donors (Lipinski definition) is 0. The third kappa shape index (κ3) is 4.49. The number of hydrogen-bond acceptors (Lipinski definition) is 4. The molecule has 0 saturated carbocycles. The molecule has 0 spiro atoms. The van der Waals surface area contributed by atoms with Crippen molar-refractivity contribution in [3.8, 4) is 0 Å². The fraction of sp³-hybridized carbons (Fsp3) is 0.529. The molecule has 0 bridgehead atoms. The molecule has 4 nitrogen and oxygen atoms in total. The third-order valence-electron chi connectivity index (χ3n) is 4.17. The minimum Gasteiger partial charge on any atom is -0.462 e. The lowest BCUT2D eigenvalue weighted by Gasteiger charge is -2.37. The van der Waals surface area contributed by atoms with Gasteiger partial charge in [-0.25, -0.2) is 4.99 Å². The molecule has 0 aliphatic carbocycles. The van der Waals surface area contributed by atoms with Gasteiger partial charge in [0.05, 0.1) is 0 Å². The number of amidine groups is 1. The number of nitrogens with zero attached hydrogens (tertiary/aromatic N) is 2. The summed E-state index contributed by atoms with van der Waals surface area (Å²) in [5, 5.41) is 0.619. The van der Waals surface area contributed by atoms with Crippen molar-refractivity contribution in [2.75, 3.05) is 19.8 Å². The van der Waals surface area contributed by atoms with E-state index in [-0.39, 0.29) is 32.1 Å². The third-order valence-corrected chi connectivity index (χ3v) is 5.47. The molecule has 0 unspecified atom stereocenters. The molecule has 2 heterocycles. The summed E-state index contributed by atoms with van der Waals surface area (Å²) in [5.74, 6) is 0. The molecule has 1 aromatic heterocycles. The standard InChI is InChI=1S/C17H21F3N2O2S/c1-11(2)13-9-12(3)14(25-13)22-15(21-4)24-10-16(17(18,19)20)5-7-23-8-6-16/h9H,1,4-8,10H2,2-3H3/b22-15+. The molecule has 1 aliphatic heterocycles. The Morgan fingerprint density at radius 2 is 2.04 bits per heavy atom. The average Bonchev–Trinajstić information content (AvgIpc) is 2.92. The van der Waals surface area contributed by atoms with Crippen molar-refractivity contribution in [1.29, 1.82) is 0 Å². The van der Waals surface area contributed by atoms with Gasteiger partial charge >= 0.3 is 12.2 Å². The van der Waals surface area contributed by atoms with E-state index in [0.29, 0.717) is 5.00 Å². The summed E-state index contributed by atoms with van der Waals surface area (Å²) in [4.78, 5) is 8.82. The summed E-state index contributed by atoms with van der Waals surface area (Å²) in [6.07, 6.45) is -4.66. The predicted octanol–water partition coefficient (Wildman–Crippen LogP) is 5.15. The molecule has 0 N–H and O–H groups in total. The summed E-state index contributed by atoms with van der Waals surface area (Å²) in [7, 11) is 0. The first-order chi connectivity index (χ1) is 11.7. The molecular weight excluding hydrogens is 353 g/mol. The summed E-state index contributed by atoms with van der Waals surface area (Å²) in [5.41, 5.74) is -0.171. The molecule has 1 saturated heterocycles. The maximum atomic E-state index is 13.5. The number of alkyl halides is 3. The molecule has 0 aromatic carbocycles. The van der Waals surface area contributed by atoms with E-state index in [1.807, 2.05) is 19.9 Å². The molecule has 2 rings (SSSR count). The molecule has 0 amide bonds. The van der Waals surface area contributed by atoms with Gasteiger partial charge in [0.25, 0.3) is 0 Å². The molecule has 1 aromatic rings. The Labute approximate surface area is 149 Å². The minimum absolute atomic E-state index is 0.0584. The van der Waals surface area contributed by atoms with Gasteiger partial charge in [-0.2, -0.15) is 18.2 Å². The normalized spacial score (nSPS) is 18.0. The van der Waals surface area contributed by atoms with E-state index >= 15 is 0 Å². The number of allylic oxidation sites excluding steroid dienone is 1. The first-order valence-corrected chi connectivity index (χ1v) is 8.59. The van der Waals surface area contributed by atoms with E-state index in [1.165, 1.54) is 11.3 Å². The van der Waals surface area contributed by atoms with Crippen molar-refractivity contribution < 1.29 is 22.6 Å². The van der Waals surface area contributed by atoms with Gasteiger partial charge in [-0.05, 0) is 50.6 Å². The highest BCUT2D eigenvalue weighted by Crippen LogP contribution is 2.46. The zero-order chi connectivity index (χ0) is 18.7. The Hall–Kier alpha value is -1.67. The van der Waals surface area contributed by atoms with Crippen LogP contribution in [0.2, 0.25) is 0 Å². The summed E-state index contributed by atoms with van der Waals surface area (Å²) in [6.45, 7) is 10.5. The summed E-state index contributed by atoms with van der Waals surface area (Å²) >= 11 is 1.38. The first-order valence-electron chi connectivity index (χ1n) is 7.77. The summed E-state index contributed by atoms with van der Waals surface area (Å²) < 4.78 is 50.9. The van der Waals surface area contributed by atoms with Crippen LogP contribution in [0, 0.1) is 12.3 Å². The van der Waals surface area contributed by atoms with Crippen LogP contribution in [-0.4, -0.2) is 38.7 Å². The Morgan fingerprint density at radius 3 is 2.52 bits per heavy atom. The Bertz CT molecular complexity index is 674. The largest absolute Gasteiger partial charge is 0.462 e. The van der Waals surface area contributed by atoms with Crippen molar-refractivity contribution in [1.82, 2.24) is 0 Å². The smallest absolute Gasteiger partial charge is 0.397 e. The van der Waals surface area contributed by atoms with Gasteiger partial charge in [0, 0.05) is 18.1 Å². The Morgan fingerprint density at radius 1 is 1.40 bits per heavy atom. The maximum Gasteiger partial charge on any atom is 0.397 e. The van der Waals surface area contributed by atoms with Crippen LogP contribution in [0.1, 0.15) is 30.2 Å². The number of rotatable bonds is 4. The quantitative estimate of drug-likeness (QED) is 0.540. The van der Waals surface area contributed by atoms with E-state index in [4.69, 9.17) is 9.47 Å². The van der Waals surface area contributed by atoms with Gasteiger partial charge < -0.3 is 9.47 Å². The molecule has 25 heavy (non-hydrogen) atoms. The fourth-order valence-corrected chi connectivity index (χ4v) is 3.43. The molecular formula is C17H21F3N2O2S. The van der Waals surface area contributed by atoms with Crippen LogP contribution in [0.25, 0.3) is 5.57 Å². The first kappa shape index (κ1) is 19.7. The SMILES string of the molecule is C=N/C(=N\c1sc(C(=C)C)cc1C)OCC1(C(F)(F)F)CCOCC1. The zero-order valence-corrected chi connectivity index (χ0v) is 15.1. The molecule has 138 valence electrons. The van der Waals surface area contributed by atoms with E-state index in [9.17, 15) is 13.2 Å². The molecule has 0 radical (unpaired) electrons. The van der Waals surface area contributed by atoms with Crippen LogP contribution in [0.15, 0.2) is 22.6 Å². The highest BCUT2D eigenvalue weighted by atomic mass is 32.1. The zero-order valence-electron chi connectivity index (χ0n) is 14.3. The second-order valence-electron chi connectivity index (χ2n) is 6.11. The van der Waals surface area contributed by atoms with Crippen LogP contribution in [0.3, 0.4) is 0 Å². The highest BCUT2D eigenvalue weighted by molar-refractivity contribution is 7.17. The lowest BCUT2D eigenvalue weighted by molar-refractivity contribution is -0.255. The number of thiophene rings is 1. The fourth-order valence-electron chi connectivity index (χ4n) is 2.47. The van der Waals surface area contributed by atoms with Crippen LogP contribution < -0.4 is 0 Å². The van der Waals surface area contributed by atoms with Gasteiger partial charge in [-0.1, -0.05) is 6.58 Å². The molecule has 0 atom stereocenters. The van der Waals surface area contributed by atoms with Gasteiger partial charge in [0.2, 0.25) is 0 Å². The van der Waals surface area contributed by atoms with E-state index in [2.05, 4.69) is 23.3 Å². The van der Waals surface area contributed by atoms with Crippen molar-refractivity contribution in [2.45, 2.75) is 32.9 Å². The van der Waals surface area contributed by atoms with E-state index in [0.717, 1.165) is 16.0 Å². The van der Waals surface area contributed by atoms with Crippen LogP contribution >= 0.6 is 11.3 Å².